The predicted molar refractivity (Wildman–Crippen MR) is 97.0 cm³/mol. The van der Waals surface area contributed by atoms with Crippen LogP contribution in [-0.4, -0.2) is 36.0 Å². The summed E-state index contributed by atoms with van der Waals surface area (Å²) in [4.78, 5) is 17.2. The maximum Gasteiger partial charge on any atom is 0.231 e. The van der Waals surface area contributed by atoms with Crippen molar-refractivity contribution in [1.29, 1.82) is 0 Å². The van der Waals surface area contributed by atoms with Crippen molar-refractivity contribution in [3.05, 3.63) is 41.6 Å². The van der Waals surface area contributed by atoms with Gasteiger partial charge >= 0.3 is 0 Å². The molecule has 1 aliphatic heterocycles. The fourth-order valence-corrected chi connectivity index (χ4v) is 3.15. The Hall–Kier alpha value is -3.07. The molecule has 1 amide bonds. The van der Waals surface area contributed by atoms with Crippen LogP contribution < -0.4 is 19.5 Å². The van der Waals surface area contributed by atoms with Crippen LogP contribution in [0, 0.1) is 0 Å². The van der Waals surface area contributed by atoms with Crippen molar-refractivity contribution in [3.8, 4) is 28.0 Å². The number of carbonyl (C=O) groups is 1. The molecule has 27 heavy (non-hydrogen) atoms. The van der Waals surface area contributed by atoms with E-state index in [9.17, 15) is 4.79 Å². The number of amides is 1. The van der Waals surface area contributed by atoms with E-state index in [2.05, 4.69) is 15.5 Å². The average Bonchev–Trinajstić information content (AvgIpc) is 3.44. The molecule has 8 nitrogen and oxygen atoms in total. The third kappa shape index (κ3) is 4.37. The van der Waals surface area contributed by atoms with E-state index in [0.717, 1.165) is 4.88 Å². The molecule has 0 saturated carbocycles. The molecule has 0 aliphatic carbocycles. The van der Waals surface area contributed by atoms with Crippen molar-refractivity contribution >= 4 is 17.2 Å². The standard InChI is InChI=1S/C18H17N3O5S/c22-16(5-6-17-20-18(21-26-17)15-2-1-9-27-15)19-7-8-23-12-3-4-13-14(10-12)25-11-24-13/h1-4,9-10H,5-8,11H2,(H,19,22). The van der Waals surface area contributed by atoms with Crippen molar-refractivity contribution in [1.82, 2.24) is 15.5 Å². The highest BCUT2D eigenvalue weighted by atomic mass is 32.1. The smallest absolute Gasteiger partial charge is 0.231 e. The minimum atomic E-state index is -0.0971. The molecular weight excluding hydrogens is 370 g/mol. The maximum absolute atomic E-state index is 11.9. The van der Waals surface area contributed by atoms with E-state index in [4.69, 9.17) is 18.7 Å². The number of thiophene rings is 1. The molecule has 4 rings (SSSR count). The topological polar surface area (TPSA) is 95.7 Å². The highest BCUT2D eigenvalue weighted by molar-refractivity contribution is 7.13. The van der Waals surface area contributed by atoms with Crippen LogP contribution in [0.25, 0.3) is 10.7 Å². The number of aryl methyl sites for hydroxylation is 1. The summed E-state index contributed by atoms with van der Waals surface area (Å²) in [5, 5.41) is 8.67. The van der Waals surface area contributed by atoms with Crippen LogP contribution in [0.1, 0.15) is 12.3 Å². The summed E-state index contributed by atoms with van der Waals surface area (Å²) in [6.45, 7) is 0.982. The van der Waals surface area contributed by atoms with Crippen LogP contribution in [0.4, 0.5) is 0 Å². The van der Waals surface area contributed by atoms with E-state index < -0.39 is 0 Å². The SMILES string of the molecule is O=C(CCc1nc(-c2cccs2)no1)NCCOc1ccc2c(c1)OCO2. The second-order valence-electron chi connectivity index (χ2n) is 5.70. The van der Waals surface area contributed by atoms with Crippen LogP contribution in [0.2, 0.25) is 0 Å². The van der Waals surface area contributed by atoms with Crippen molar-refractivity contribution in [3.63, 3.8) is 0 Å². The highest BCUT2D eigenvalue weighted by Crippen LogP contribution is 2.34. The van der Waals surface area contributed by atoms with Gasteiger partial charge in [0.1, 0.15) is 12.4 Å². The number of nitrogens with one attached hydrogen (secondary N) is 1. The van der Waals surface area contributed by atoms with Gasteiger partial charge in [-0.1, -0.05) is 11.2 Å². The predicted octanol–water partition coefficient (Wildman–Crippen LogP) is 2.65. The van der Waals surface area contributed by atoms with E-state index >= 15 is 0 Å². The molecule has 3 heterocycles. The molecule has 2 aromatic heterocycles. The summed E-state index contributed by atoms with van der Waals surface area (Å²) in [6.07, 6.45) is 0.670. The Morgan fingerprint density at radius 1 is 1.26 bits per heavy atom. The fourth-order valence-electron chi connectivity index (χ4n) is 2.50. The number of aromatic nitrogens is 2. The lowest BCUT2D eigenvalue weighted by Gasteiger charge is -2.08. The van der Waals surface area contributed by atoms with E-state index in [1.807, 2.05) is 17.5 Å². The van der Waals surface area contributed by atoms with Gasteiger partial charge in [0.2, 0.25) is 24.4 Å². The van der Waals surface area contributed by atoms with Gasteiger partial charge in [0.05, 0.1) is 11.4 Å². The third-order valence-electron chi connectivity index (χ3n) is 3.81. The zero-order valence-electron chi connectivity index (χ0n) is 14.3. The van der Waals surface area contributed by atoms with Gasteiger partial charge in [-0.05, 0) is 23.6 Å². The average molecular weight is 387 g/mol. The summed E-state index contributed by atoms with van der Waals surface area (Å²) in [6, 6.07) is 9.22. The second kappa shape index (κ2) is 8.09. The maximum atomic E-state index is 11.9. The quantitative estimate of drug-likeness (QED) is 0.594. The van der Waals surface area contributed by atoms with Crippen molar-refractivity contribution < 1.29 is 23.5 Å². The first-order valence-electron chi connectivity index (χ1n) is 8.43. The molecule has 140 valence electrons. The lowest BCUT2D eigenvalue weighted by molar-refractivity contribution is -0.121. The molecule has 0 fully saturated rings. The Kier molecular flexibility index (Phi) is 5.20. The lowest BCUT2D eigenvalue weighted by atomic mass is 10.3. The molecule has 1 aliphatic rings. The highest BCUT2D eigenvalue weighted by Gasteiger charge is 2.14. The van der Waals surface area contributed by atoms with Crippen LogP contribution in [0.15, 0.2) is 40.2 Å². The van der Waals surface area contributed by atoms with Crippen molar-refractivity contribution in [2.45, 2.75) is 12.8 Å². The number of benzene rings is 1. The van der Waals surface area contributed by atoms with Gasteiger partial charge in [-0.25, -0.2) is 0 Å². The normalized spacial score (nSPS) is 12.1. The van der Waals surface area contributed by atoms with Gasteiger partial charge in [-0.15, -0.1) is 11.3 Å². The molecule has 0 spiro atoms. The summed E-state index contributed by atoms with van der Waals surface area (Å²) in [5.41, 5.74) is 0. The minimum absolute atomic E-state index is 0.0971. The van der Waals surface area contributed by atoms with Crippen LogP contribution in [0.5, 0.6) is 17.2 Å². The Bertz CT molecular complexity index is 910. The number of nitrogens with zero attached hydrogens (tertiary/aromatic N) is 2. The zero-order valence-corrected chi connectivity index (χ0v) is 15.2. The molecule has 1 N–H and O–H groups in total. The number of ether oxygens (including phenoxy) is 3. The van der Waals surface area contributed by atoms with E-state index in [1.165, 1.54) is 11.3 Å². The Balaban J connectivity index is 1.16. The zero-order chi connectivity index (χ0) is 18.5. The van der Waals surface area contributed by atoms with Gasteiger partial charge in [-0.2, -0.15) is 4.98 Å². The summed E-state index contributed by atoms with van der Waals surface area (Å²) in [5.74, 6) is 2.94. The molecule has 3 aromatic rings. The Labute approximate surface area is 159 Å². The third-order valence-corrected chi connectivity index (χ3v) is 4.68. The summed E-state index contributed by atoms with van der Waals surface area (Å²) in [7, 11) is 0. The molecule has 9 heteroatoms. The first-order chi connectivity index (χ1) is 13.3. The molecule has 1 aromatic carbocycles. The molecule has 0 unspecified atom stereocenters. The first-order valence-corrected chi connectivity index (χ1v) is 9.31. The monoisotopic (exact) mass is 387 g/mol. The molecule has 0 saturated heterocycles. The van der Waals surface area contributed by atoms with Crippen molar-refractivity contribution in [2.75, 3.05) is 19.9 Å². The number of hydrogen-bond acceptors (Lipinski definition) is 8. The van der Waals surface area contributed by atoms with E-state index in [1.54, 1.807) is 18.2 Å². The number of rotatable bonds is 8. The Morgan fingerprint density at radius 3 is 3.07 bits per heavy atom. The van der Waals surface area contributed by atoms with Crippen molar-refractivity contribution in [2.24, 2.45) is 0 Å². The largest absolute Gasteiger partial charge is 0.492 e. The summed E-state index contributed by atoms with van der Waals surface area (Å²) >= 11 is 1.54. The molecule has 0 bridgehead atoms. The number of carbonyl (C=O) groups excluding carboxylic acids is 1. The Morgan fingerprint density at radius 2 is 2.19 bits per heavy atom. The fraction of sp³-hybridized carbons (Fsp3) is 0.278. The lowest BCUT2D eigenvalue weighted by Crippen LogP contribution is -2.28. The van der Waals surface area contributed by atoms with E-state index in [-0.39, 0.29) is 19.1 Å². The van der Waals surface area contributed by atoms with E-state index in [0.29, 0.717) is 48.5 Å². The first kappa shape index (κ1) is 17.3. The van der Waals surface area contributed by atoms with Crippen LogP contribution >= 0.6 is 11.3 Å². The van der Waals surface area contributed by atoms with Crippen LogP contribution in [-0.2, 0) is 11.2 Å². The van der Waals surface area contributed by atoms with Gasteiger partial charge < -0.3 is 24.1 Å². The van der Waals surface area contributed by atoms with Crippen LogP contribution in [0.3, 0.4) is 0 Å². The molecular formula is C18H17N3O5S. The van der Waals surface area contributed by atoms with Gasteiger partial charge in [-0.3, -0.25) is 4.79 Å². The number of hydrogen-bond donors (Lipinski definition) is 1. The minimum Gasteiger partial charge on any atom is -0.492 e. The second-order valence-corrected chi connectivity index (χ2v) is 6.65. The molecule has 0 radical (unpaired) electrons. The number of fused-ring (bicyclic) bond motifs is 1. The van der Waals surface area contributed by atoms with Gasteiger partial charge in [0.25, 0.3) is 0 Å². The summed E-state index contributed by atoms with van der Waals surface area (Å²) < 4.78 is 21.3. The van der Waals surface area contributed by atoms with Gasteiger partial charge in [0, 0.05) is 18.9 Å². The van der Waals surface area contributed by atoms with Gasteiger partial charge in [0.15, 0.2) is 11.5 Å². The molecule has 0 atom stereocenters.